The van der Waals surface area contributed by atoms with Crippen LogP contribution < -0.4 is 0 Å². The summed E-state index contributed by atoms with van der Waals surface area (Å²) in [5.74, 6) is -0.0767. The highest BCUT2D eigenvalue weighted by Gasteiger charge is 2.38. The standard InChI is InChI=1S/C17H31NO3/c1-4-8-14-9-7-11-18(12-10-14)15(19)13-17(5-2,6-3)16(20)21/h14H,4-13H2,1-3H3,(H,20,21). The van der Waals surface area contributed by atoms with Gasteiger partial charge in [-0.3, -0.25) is 9.59 Å². The molecule has 0 aliphatic carbocycles. The topological polar surface area (TPSA) is 57.6 Å². The van der Waals surface area contributed by atoms with E-state index in [0.717, 1.165) is 31.8 Å². The minimum atomic E-state index is -0.883. The Morgan fingerprint density at radius 3 is 2.33 bits per heavy atom. The highest BCUT2D eigenvalue weighted by Crippen LogP contribution is 2.32. The van der Waals surface area contributed by atoms with Crippen LogP contribution in [0.2, 0.25) is 0 Å². The molecule has 0 radical (unpaired) electrons. The molecule has 0 aromatic rings. The first-order chi connectivity index (χ1) is 9.99. The van der Waals surface area contributed by atoms with E-state index in [4.69, 9.17) is 0 Å². The van der Waals surface area contributed by atoms with Crippen LogP contribution in [-0.2, 0) is 9.59 Å². The summed E-state index contributed by atoms with van der Waals surface area (Å²) in [7, 11) is 0. The lowest BCUT2D eigenvalue weighted by Crippen LogP contribution is -2.39. The summed E-state index contributed by atoms with van der Waals surface area (Å²) in [5, 5.41) is 9.47. The molecule has 4 nitrogen and oxygen atoms in total. The number of hydrogen-bond donors (Lipinski definition) is 1. The Bertz CT molecular complexity index is 350. The van der Waals surface area contributed by atoms with E-state index in [1.54, 1.807) is 0 Å². The summed E-state index contributed by atoms with van der Waals surface area (Å²) in [6.07, 6.45) is 6.93. The van der Waals surface area contributed by atoms with Crippen molar-refractivity contribution in [2.45, 2.75) is 72.1 Å². The van der Waals surface area contributed by atoms with Gasteiger partial charge >= 0.3 is 5.97 Å². The Balaban J connectivity index is 2.64. The molecule has 0 bridgehead atoms. The first-order valence-corrected chi connectivity index (χ1v) is 8.50. The zero-order chi connectivity index (χ0) is 15.9. The minimum absolute atomic E-state index is 0.0262. The molecule has 1 atom stereocenters. The number of hydrogen-bond acceptors (Lipinski definition) is 2. The third-order valence-electron chi connectivity index (χ3n) is 5.19. The zero-order valence-corrected chi connectivity index (χ0v) is 13.9. The maximum absolute atomic E-state index is 12.5. The quantitative estimate of drug-likeness (QED) is 0.779. The van der Waals surface area contributed by atoms with Crippen LogP contribution in [0, 0.1) is 11.3 Å². The molecule has 0 aromatic carbocycles. The van der Waals surface area contributed by atoms with Gasteiger partial charge in [0.1, 0.15) is 0 Å². The third kappa shape index (κ3) is 4.72. The average molecular weight is 297 g/mol. The highest BCUT2D eigenvalue weighted by molar-refractivity contribution is 5.85. The second-order valence-electron chi connectivity index (χ2n) is 6.44. The first-order valence-electron chi connectivity index (χ1n) is 8.50. The predicted molar refractivity (Wildman–Crippen MR) is 84.1 cm³/mol. The molecule has 1 amide bonds. The largest absolute Gasteiger partial charge is 0.481 e. The van der Waals surface area contributed by atoms with Crippen LogP contribution in [0.1, 0.15) is 72.1 Å². The van der Waals surface area contributed by atoms with Crippen LogP contribution in [0.5, 0.6) is 0 Å². The Morgan fingerprint density at radius 2 is 1.81 bits per heavy atom. The van der Waals surface area contributed by atoms with Crippen molar-refractivity contribution in [3.05, 3.63) is 0 Å². The minimum Gasteiger partial charge on any atom is -0.481 e. The molecule has 0 saturated carbocycles. The number of nitrogens with zero attached hydrogens (tertiary/aromatic N) is 1. The monoisotopic (exact) mass is 297 g/mol. The predicted octanol–water partition coefficient (Wildman–Crippen LogP) is 3.70. The van der Waals surface area contributed by atoms with Crippen LogP contribution in [0.3, 0.4) is 0 Å². The van der Waals surface area contributed by atoms with Gasteiger partial charge in [-0.1, -0.05) is 33.6 Å². The summed E-state index contributed by atoms with van der Waals surface area (Å²) >= 11 is 0. The van der Waals surface area contributed by atoms with Crippen LogP contribution >= 0.6 is 0 Å². The Labute approximate surface area is 128 Å². The van der Waals surface area contributed by atoms with E-state index in [0.29, 0.717) is 12.8 Å². The molecule has 21 heavy (non-hydrogen) atoms. The van der Waals surface area contributed by atoms with E-state index in [1.165, 1.54) is 19.3 Å². The Kier molecular flexibility index (Phi) is 7.20. The first kappa shape index (κ1) is 18.0. The average Bonchev–Trinajstić information content (AvgIpc) is 2.70. The van der Waals surface area contributed by atoms with Gasteiger partial charge in [0.15, 0.2) is 0 Å². The number of carbonyl (C=O) groups excluding carboxylic acids is 1. The van der Waals surface area contributed by atoms with E-state index in [-0.39, 0.29) is 12.3 Å². The summed E-state index contributed by atoms with van der Waals surface area (Å²) in [6.45, 7) is 7.53. The molecule has 4 heteroatoms. The van der Waals surface area contributed by atoms with Gasteiger partial charge in [-0.05, 0) is 38.0 Å². The van der Waals surface area contributed by atoms with Crippen molar-refractivity contribution < 1.29 is 14.7 Å². The van der Waals surface area contributed by atoms with Crippen molar-refractivity contribution in [1.29, 1.82) is 0 Å². The molecule has 1 aliphatic heterocycles. The van der Waals surface area contributed by atoms with Crippen molar-refractivity contribution in [3.63, 3.8) is 0 Å². The highest BCUT2D eigenvalue weighted by atomic mass is 16.4. The molecule has 0 aromatic heterocycles. The Morgan fingerprint density at radius 1 is 1.14 bits per heavy atom. The van der Waals surface area contributed by atoms with Crippen LogP contribution in [0.4, 0.5) is 0 Å². The maximum atomic E-state index is 12.5. The summed E-state index contributed by atoms with van der Waals surface area (Å²) in [4.78, 5) is 26.0. The molecule has 1 rings (SSSR count). The van der Waals surface area contributed by atoms with E-state index >= 15 is 0 Å². The molecule has 1 N–H and O–H groups in total. The van der Waals surface area contributed by atoms with Gasteiger partial charge in [0.25, 0.3) is 0 Å². The SMILES string of the molecule is CCCC1CCCN(C(=O)CC(CC)(CC)C(=O)O)CC1. The number of carbonyl (C=O) groups is 2. The summed E-state index contributed by atoms with van der Waals surface area (Å²) < 4.78 is 0. The Hall–Kier alpha value is -1.06. The fourth-order valence-electron chi connectivity index (χ4n) is 3.39. The maximum Gasteiger partial charge on any atom is 0.310 e. The van der Waals surface area contributed by atoms with E-state index in [9.17, 15) is 14.7 Å². The number of likely N-dealkylation sites (tertiary alicyclic amines) is 1. The lowest BCUT2D eigenvalue weighted by molar-refractivity contribution is -0.154. The molecule has 0 spiro atoms. The van der Waals surface area contributed by atoms with Crippen LogP contribution in [0.15, 0.2) is 0 Å². The number of amides is 1. The molecule has 1 heterocycles. The van der Waals surface area contributed by atoms with Gasteiger partial charge in [-0.25, -0.2) is 0 Å². The molecule has 122 valence electrons. The van der Waals surface area contributed by atoms with Gasteiger partial charge in [0.05, 0.1) is 5.41 Å². The van der Waals surface area contributed by atoms with Gasteiger partial charge in [0, 0.05) is 19.5 Å². The van der Waals surface area contributed by atoms with Gasteiger partial charge in [0.2, 0.25) is 5.91 Å². The number of rotatable bonds is 7. The van der Waals surface area contributed by atoms with E-state index < -0.39 is 11.4 Å². The molecular formula is C17H31NO3. The third-order valence-corrected chi connectivity index (χ3v) is 5.19. The van der Waals surface area contributed by atoms with Crippen molar-refractivity contribution >= 4 is 11.9 Å². The lowest BCUT2D eigenvalue weighted by Gasteiger charge is -2.29. The number of aliphatic carboxylic acids is 1. The fourth-order valence-corrected chi connectivity index (χ4v) is 3.39. The van der Waals surface area contributed by atoms with Crippen LogP contribution in [0.25, 0.3) is 0 Å². The van der Waals surface area contributed by atoms with Crippen molar-refractivity contribution in [3.8, 4) is 0 Å². The zero-order valence-electron chi connectivity index (χ0n) is 13.9. The van der Waals surface area contributed by atoms with Gasteiger partial charge in [-0.15, -0.1) is 0 Å². The van der Waals surface area contributed by atoms with E-state index in [2.05, 4.69) is 6.92 Å². The number of carboxylic acids is 1. The molecule has 1 aliphatic rings. The van der Waals surface area contributed by atoms with E-state index in [1.807, 2.05) is 18.7 Å². The normalized spacial score (nSPS) is 20.1. The van der Waals surface area contributed by atoms with Crippen molar-refractivity contribution in [1.82, 2.24) is 4.90 Å². The van der Waals surface area contributed by atoms with Gasteiger partial charge in [-0.2, -0.15) is 0 Å². The fraction of sp³-hybridized carbons (Fsp3) is 0.882. The summed E-state index contributed by atoms with van der Waals surface area (Å²) in [5.41, 5.74) is -0.883. The molecule has 1 saturated heterocycles. The lowest BCUT2D eigenvalue weighted by atomic mass is 9.79. The van der Waals surface area contributed by atoms with Crippen molar-refractivity contribution in [2.24, 2.45) is 11.3 Å². The molecular weight excluding hydrogens is 266 g/mol. The van der Waals surface area contributed by atoms with Gasteiger partial charge < -0.3 is 10.0 Å². The summed E-state index contributed by atoms with van der Waals surface area (Å²) in [6, 6.07) is 0. The smallest absolute Gasteiger partial charge is 0.310 e. The van der Waals surface area contributed by atoms with Crippen molar-refractivity contribution in [2.75, 3.05) is 13.1 Å². The second-order valence-corrected chi connectivity index (χ2v) is 6.44. The number of carboxylic acid groups (broad SMARTS) is 1. The molecule has 1 unspecified atom stereocenters. The van der Waals surface area contributed by atoms with Crippen LogP contribution in [-0.4, -0.2) is 35.0 Å². The molecule has 1 fully saturated rings. The second kappa shape index (κ2) is 8.40.